The van der Waals surface area contributed by atoms with Gasteiger partial charge in [-0.2, -0.15) is 4.98 Å². The van der Waals surface area contributed by atoms with Crippen LogP contribution in [0.5, 0.6) is 0 Å². The van der Waals surface area contributed by atoms with Crippen LogP contribution in [0.3, 0.4) is 0 Å². The summed E-state index contributed by atoms with van der Waals surface area (Å²) in [7, 11) is 0. The smallest absolute Gasteiger partial charge is 0.256 e. The SMILES string of the molecule is Nc1nc(N)c(-c2ccc(NC(=O)C3(O)CC3)cc2)c(COCc2ccccc2)n1. The van der Waals surface area contributed by atoms with Crippen molar-refractivity contribution in [3.63, 3.8) is 0 Å². The predicted molar refractivity (Wildman–Crippen MR) is 114 cm³/mol. The summed E-state index contributed by atoms with van der Waals surface area (Å²) in [4.78, 5) is 20.4. The van der Waals surface area contributed by atoms with Gasteiger partial charge < -0.3 is 26.6 Å². The second-order valence-corrected chi connectivity index (χ2v) is 7.33. The molecule has 0 spiro atoms. The van der Waals surface area contributed by atoms with E-state index in [-0.39, 0.29) is 24.3 Å². The first kappa shape index (κ1) is 19.8. The second-order valence-electron chi connectivity index (χ2n) is 7.33. The molecule has 1 aliphatic rings. The number of amides is 1. The molecule has 8 nitrogen and oxygen atoms in total. The lowest BCUT2D eigenvalue weighted by atomic mass is 10.0. The number of nitrogens with one attached hydrogen (secondary N) is 1. The molecule has 0 radical (unpaired) electrons. The maximum atomic E-state index is 12.0. The Bertz CT molecular complexity index is 1050. The van der Waals surface area contributed by atoms with Crippen LogP contribution in [-0.2, 0) is 22.7 Å². The zero-order valence-corrected chi connectivity index (χ0v) is 16.3. The molecule has 1 aliphatic carbocycles. The van der Waals surface area contributed by atoms with Crippen LogP contribution in [0.2, 0.25) is 0 Å². The summed E-state index contributed by atoms with van der Waals surface area (Å²) in [5.74, 6) is -0.0541. The van der Waals surface area contributed by atoms with Gasteiger partial charge in [0.05, 0.1) is 18.9 Å². The fourth-order valence-corrected chi connectivity index (χ4v) is 3.12. The van der Waals surface area contributed by atoms with E-state index in [4.69, 9.17) is 16.2 Å². The van der Waals surface area contributed by atoms with E-state index in [1.165, 1.54) is 0 Å². The van der Waals surface area contributed by atoms with Crippen LogP contribution < -0.4 is 16.8 Å². The molecule has 30 heavy (non-hydrogen) atoms. The molecular formula is C22H23N5O3. The molecule has 0 unspecified atom stereocenters. The largest absolute Gasteiger partial charge is 0.383 e. The summed E-state index contributed by atoms with van der Waals surface area (Å²) in [6, 6.07) is 16.9. The molecule has 1 saturated carbocycles. The zero-order chi connectivity index (χ0) is 21.1. The molecule has 1 fully saturated rings. The summed E-state index contributed by atoms with van der Waals surface area (Å²) >= 11 is 0. The number of nitrogens with zero attached hydrogens (tertiary/aromatic N) is 2. The normalized spacial score (nSPS) is 14.3. The van der Waals surface area contributed by atoms with Gasteiger partial charge in [-0.1, -0.05) is 42.5 Å². The molecule has 2 aromatic carbocycles. The van der Waals surface area contributed by atoms with E-state index < -0.39 is 5.60 Å². The number of nitrogen functional groups attached to an aromatic ring is 2. The maximum absolute atomic E-state index is 12.0. The Balaban J connectivity index is 1.51. The molecule has 1 aromatic heterocycles. The van der Waals surface area contributed by atoms with E-state index in [1.54, 1.807) is 24.3 Å². The van der Waals surface area contributed by atoms with E-state index >= 15 is 0 Å². The summed E-state index contributed by atoms with van der Waals surface area (Å²) in [6.45, 7) is 0.643. The number of anilines is 3. The first-order valence-electron chi connectivity index (χ1n) is 9.62. The van der Waals surface area contributed by atoms with Crippen molar-refractivity contribution in [2.75, 3.05) is 16.8 Å². The van der Waals surface area contributed by atoms with Crippen molar-refractivity contribution >= 4 is 23.4 Å². The monoisotopic (exact) mass is 405 g/mol. The number of benzene rings is 2. The highest BCUT2D eigenvalue weighted by Gasteiger charge is 2.48. The third kappa shape index (κ3) is 4.40. The van der Waals surface area contributed by atoms with Gasteiger partial charge in [0.2, 0.25) is 5.95 Å². The van der Waals surface area contributed by atoms with Gasteiger partial charge in [-0.3, -0.25) is 4.79 Å². The second kappa shape index (κ2) is 8.10. The minimum atomic E-state index is -1.23. The van der Waals surface area contributed by atoms with Crippen molar-refractivity contribution in [2.24, 2.45) is 0 Å². The number of carbonyl (C=O) groups is 1. The third-order valence-corrected chi connectivity index (χ3v) is 4.96. The first-order valence-corrected chi connectivity index (χ1v) is 9.62. The number of carbonyl (C=O) groups excluding carboxylic acids is 1. The highest BCUT2D eigenvalue weighted by atomic mass is 16.5. The molecule has 1 heterocycles. The topological polar surface area (TPSA) is 136 Å². The van der Waals surface area contributed by atoms with Gasteiger partial charge in [-0.05, 0) is 36.1 Å². The molecule has 6 N–H and O–H groups in total. The van der Waals surface area contributed by atoms with Crippen LogP contribution in [0.1, 0.15) is 24.1 Å². The van der Waals surface area contributed by atoms with Crippen LogP contribution in [0.25, 0.3) is 11.1 Å². The molecule has 3 aromatic rings. The van der Waals surface area contributed by atoms with Gasteiger partial charge in [0.15, 0.2) is 0 Å². The van der Waals surface area contributed by atoms with Gasteiger partial charge in [-0.15, -0.1) is 0 Å². The van der Waals surface area contributed by atoms with Crippen molar-refractivity contribution < 1.29 is 14.6 Å². The Morgan fingerprint density at radius 2 is 1.73 bits per heavy atom. The highest BCUT2D eigenvalue weighted by Crippen LogP contribution is 2.36. The molecule has 0 atom stereocenters. The van der Waals surface area contributed by atoms with Crippen LogP contribution in [0, 0.1) is 0 Å². The van der Waals surface area contributed by atoms with Crippen molar-refractivity contribution in [1.82, 2.24) is 9.97 Å². The van der Waals surface area contributed by atoms with Crippen molar-refractivity contribution in [3.8, 4) is 11.1 Å². The number of hydrogen-bond acceptors (Lipinski definition) is 7. The van der Waals surface area contributed by atoms with E-state index in [2.05, 4.69) is 15.3 Å². The van der Waals surface area contributed by atoms with Gasteiger partial charge in [0.1, 0.15) is 11.4 Å². The Labute approximate surface area is 173 Å². The van der Waals surface area contributed by atoms with Crippen molar-refractivity contribution in [1.29, 1.82) is 0 Å². The number of rotatable bonds is 7. The molecule has 0 saturated heterocycles. The number of aromatic nitrogens is 2. The minimum absolute atomic E-state index is 0.0797. The zero-order valence-electron chi connectivity index (χ0n) is 16.3. The van der Waals surface area contributed by atoms with Crippen molar-refractivity contribution in [2.45, 2.75) is 31.7 Å². The van der Waals surface area contributed by atoms with Crippen LogP contribution in [0.4, 0.5) is 17.5 Å². The predicted octanol–water partition coefficient (Wildman–Crippen LogP) is 2.49. The Morgan fingerprint density at radius 3 is 2.40 bits per heavy atom. The highest BCUT2D eigenvalue weighted by molar-refractivity contribution is 5.99. The number of nitrogens with two attached hydrogens (primary N) is 2. The van der Waals surface area contributed by atoms with Gasteiger partial charge in [0, 0.05) is 11.3 Å². The Kier molecular flexibility index (Phi) is 5.35. The minimum Gasteiger partial charge on any atom is -0.383 e. The number of hydrogen-bond donors (Lipinski definition) is 4. The molecule has 154 valence electrons. The first-order chi connectivity index (χ1) is 14.4. The Morgan fingerprint density at radius 1 is 1.03 bits per heavy atom. The van der Waals surface area contributed by atoms with E-state index in [9.17, 15) is 9.90 Å². The van der Waals surface area contributed by atoms with Crippen LogP contribution in [0.15, 0.2) is 54.6 Å². The summed E-state index contributed by atoms with van der Waals surface area (Å²) in [6.07, 6.45) is 0.977. The molecule has 1 amide bonds. The third-order valence-electron chi connectivity index (χ3n) is 4.96. The van der Waals surface area contributed by atoms with Crippen molar-refractivity contribution in [3.05, 3.63) is 65.9 Å². The standard InChI is InChI=1S/C22H23N5O3/c23-19-18(15-6-8-16(9-7-15)25-20(28)22(29)10-11-22)17(26-21(24)27-19)13-30-12-14-4-2-1-3-5-14/h1-9,29H,10-13H2,(H,25,28)(H4,23,24,26,27). The Hall–Kier alpha value is -3.49. The average Bonchev–Trinajstić information content (AvgIpc) is 3.48. The lowest BCUT2D eigenvalue weighted by molar-refractivity contribution is -0.125. The molecule has 8 heteroatoms. The molecule has 0 bridgehead atoms. The summed E-state index contributed by atoms with van der Waals surface area (Å²) in [5.41, 5.74) is 14.3. The van der Waals surface area contributed by atoms with E-state index in [0.29, 0.717) is 36.4 Å². The quantitative estimate of drug-likeness (QED) is 0.474. The van der Waals surface area contributed by atoms with E-state index in [1.807, 2.05) is 30.3 Å². The average molecular weight is 405 g/mol. The van der Waals surface area contributed by atoms with Crippen LogP contribution in [-0.4, -0.2) is 26.6 Å². The van der Waals surface area contributed by atoms with Gasteiger partial charge >= 0.3 is 0 Å². The lowest BCUT2D eigenvalue weighted by Gasteiger charge is -2.14. The summed E-state index contributed by atoms with van der Waals surface area (Å²) < 4.78 is 5.81. The fourth-order valence-electron chi connectivity index (χ4n) is 3.12. The maximum Gasteiger partial charge on any atom is 0.256 e. The number of aliphatic hydroxyl groups is 1. The van der Waals surface area contributed by atoms with Gasteiger partial charge in [0.25, 0.3) is 5.91 Å². The van der Waals surface area contributed by atoms with E-state index in [0.717, 1.165) is 11.1 Å². The number of ether oxygens (including phenoxy) is 1. The fraction of sp³-hybridized carbons (Fsp3) is 0.227. The molecular weight excluding hydrogens is 382 g/mol. The lowest BCUT2D eigenvalue weighted by Crippen LogP contribution is -2.29. The van der Waals surface area contributed by atoms with Gasteiger partial charge in [-0.25, -0.2) is 4.98 Å². The summed E-state index contributed by atoms with van der Waals surface area (Å²) in [5, 5.41) is 12.6. The van der Waals surface area contributed by atoms with Crippen LogP contribution >= 0.6 is 0 Å². The molecule has 4 rings (SSSR count). The molecule has 0 aliphatic heterocycles.